The molecule has 3 atom stereocenters. The largest absolute Gasteiger partial charge is 0.486 e. The van der Waals surface area contributed by atoms with Crippen LogP contribution < -0.4 is 4.74 Å². The number of fused-ring (bicyclic) bond motifs is 3. The maximum Gasteiger partial charge on any atom is 0.306 e. The second-order valence-electron chi connectivity index (χ2n) is 5.83. The van der Waals surface area contributed by atoms with Crippen LogP contribution in [-0.4, -0.2) is 29.9 Å². The standard InChI is InChI=1S/C17H22O4/c1-2-20-15(19)10-9-11-5-3-6-12-13-7-4-8-14(18)17(13)21-16(11)12/h3,5-6,13-14,17-18H,2,4,7-10H2,1H3/t13-,14+,17+/m0/s1. The van der Waals surface area contributed by atoms with Crippen LogP contribution in [0.25, 0.3) is 0 Å². The van der Waals surface area contributed by atoms with Gasteiger partial charge in [0.25, 0.3) is 0 Å². The summed E-state index contributed by atoms with van der Waals surface area (Å²) in [4.78, 5) is 11.5. The number of ether oxygens (including phenoxy) is 2. The SMILES string of the molecule is CCOC(=O)CCc1cccc2c1O[C@H]1[C@H](O)CCC[C@@H]21. The number of carbonyl (C=O) groups is 1. The molecule has 1 saturated carbocycles. The number of hydrogen-bond donors (Lipinski definition) is 1. The Morgan fingerprint density at radius 3 is 3.10 bits per heavy atom. The molecule has 1 N–H and O–H groups in total. The van der Waals surface area contributed by atoms with Gasteiger partial charge in [0.05, 0.1) is 12.7 Å². The van der Waals surface area contributed by atoms with E-state index in [0.717, 1.165) is 30.6 Å². The molecule has 0 spiro atoms. The number of rotatable bonds is 4. The topological polar surface area (TPSA) is 55.8 Å². The lowest BCUT2D eigenvalue weighted by Gasteiger charge is -2.29. The maximum atomic E-state index is 11.5. The molecule has 0 radical (unpaired) electrons. The van der Waals surface area contributed by atoms with Gasteiger partial charge in [-0.25, -0.2) is 0 Å². The Morgan fingerprint density at radius 2 is 2.29 bits per heavy atom. The van der Waals surface area contributed by atoms with E-state index in [1.54, 1.807) is 0 Å². The molecule has 3 rings (SSSR count). The molecular weight excluding hydrogens is 268 g/mol. The number of aliphatic hydroxyl groups excluding tert-OH is 1. The lowest BCUT2D eigenvalue weighted by molar-refractivity contribution is -0.143. The van der Waals surface area contributed by atoms with Crippen molar-refractivity contribution in [3.8, 4) is 5.75 Å². The molecule has 1 aliphatic heterocycles. The van der Waals surface area contributed by atoms with E-state index in [0.29, 0.717) is 25.4 Å². The van der Waals surface area contributed by atoms with Crippen LogP contribution in [0.5, 0.6) is 5.75 Å². The Hall–Kier alpha value is -1.55. The molecule has 1 fully saturated rings. The zero-order valence-corrected chi connectivity index (χ0v) is 12.4. The van der Waals surface area contributed by atoms with Crippen molar-refractivity contribution < 1.29 is 19.4 Å². The van der Waals surface area contributed by atoms with E-state index >= 15 is 0 Å². The third-order valence-corrected chi connectivity index (χ3v) is 4.48. The Kier molecular flexibility index (Phi) is 4.15. The monoisotopic (exact) mass is 290 g/mol. The molecule has 4 nitrogen and oxygen atoms in total. The number of esters is 1. The molecule has 0 bridgehead atoms. The summed E-state index contributed by atoms with van der Waals surface area (Å²) in [5.41, 5.74) is 2.24. The maximum absolute atomic E-state index is 11.5. The highest BCUT2D eigenvalue weighted by Gasteiger charge is 2.42. The van der Waals surface area contributed by atoms with Crippen LogP contribution in [0, 0.1) is 0 Å². The van der Waals surface area contributed by atoms with Crippen LogP contribution in [0.4, 0.5) is 0 Å². The van der Waals surface area contributed by atoms with Crippen molar-refractivity contribution in [3.63, 3.8) is 0 Å². The zero-order valence-electron chi connectivity index (χ0n) is 12.4. The minimum Gasteiger partial charge on any atom is -0.486 e. The highest BCUT2D eigenvalue weighted by atomic mass is 16.5. The van der Waals surface area contributed by atoms with Gasteiger partial charge in [0.1, 0.15) is 11.9 Å². The molecule has 21 heavy (non-hydrogen) atoms. The summed E-state index contributed by atoms with van der Waals surface area (Å²) in [6, 6.07) is 6.11. The Balaban J connectivity index is 1.77. The first-order valence-corrected chi connectivity index (χ1v) is 7.83. The first-order chi connectivity index (χ1) is 10.2. The molecule has 0 unspecified atom stereocenters. The van der Waals surface area contributed by atoms with Crippen molar-refractivity contribution in [1.82, 2.24) is 0 Å². The Labute approximate surface area is 125 Å². The molecule has 1 aromatic carbocycles. The van der Waals surface area contributed by atoms with Crippen LogP contribution in [0.1, 0.15) is 49.7 Å². The van der Waals surface area contributed by atoms with Gasteiger partial charge in [0, 0.05) is 17.9 Å². The molecule has 0 saturated heterocycles. The van der Waals surface area contributed by atoms with E-state index in [9.17, 15) is 9.90 Å². The van der Waals surface area contributed by atoms with Gasteiger partial charge in [-0.15, -0.1) is 0 Å². The van der Waals surface area contributed by atoms with Crippen LogP contribution in [0.3, 0.4) is 0 Å². The fourth-order valence-corrected chi connectivity index (χ4v) is 3.48. The number of hydrogen-bond acceptors (Lipinski definition) is 4. The van der Waals surface area contributed by atoms with Crippen molar-refractivity contribution in [2.45, 2.75) is 57.2 Å². The van der Waals surface area contributed by atoms with Gasteiger partial charge in [-0.3, -0.25) is 4.79 Å². The van der Waals surface area contributed by atoms with Crippen molar-refractivity contribution in [2.24, 2.45) is 0 Å². The minimum atomic E-state index is -0.381. The lowest BCUT2D eigenvalue weighted by atomic mass is 9.81. The Morgan fingerprint density at radius 1 is 1.43 bits per heavy atom. The zero-order chi connectivity index (χ0) is 14.8. The normalized spacial score (nSPS) is 26.7. The van der Waals surface area contributed by atoms with Gasteiger partial charge in [0.2, 0.25) is 0 Å². The number of carbonyl (C=O) groups excluding carboxylic acids is 1. The van der Waals surface area contributed by atoms with Crippen molar-refractivity contribution in [2.75, 3.05) is 6.61 Å². The number of aliphatic hydroxyl groups is 1. The van der Waals surface area contributed by atoms with Crippen LogP contribution in [0.15, 0.2) is 18.2 Å². The summed E-state index contributed by atoms with van der Waals surface area (Å²) < 4.78 is 11.0. The lowest BCUT2D eigenvalue weighted by Crippen LogP contribution is -2.36. The highest BCUT2D eigenvalue weighted by molar-refractivity contribution is 5.70. The molecule has 1 aromatic rings. The average molecular weight is 290 g/mol. The third kappa shape index (κ3) is 2.77. The second kappa shape index (κ2) is 6.06. The van der Waals surface area contributed by atoms with Gasteiger partial charge in [-0.2, -0.15) is 0 Å². The fraction of sp³-hybridized carbons (Fsp3) is 0.588. The van der Waals surface area contributed by atoms with Crippen molar-refractivity contribution >= 4 is 5.97 Å². The van der Waals surface area contributed by atoms with E-state index in [1.807, 2.05) is 19.1 Å². The van der Waals surface area contributed by atoms with Crippen LogP contribution in [0.2, 0.25) is 0 Å². The molecule has 4 heteroatoms. The van der Waals surface area contributed by atoms with E-state index < -0.39 is 0 Å². The van der Waals surface area contributed by atoms with E-state index in [1.165, 1.54) is 5.56 Å². The van der Waals surface area contributed by atoms with E-state index in [2.05, 4.69) is 6.07 Å². The number of para-hydroxylation sites is 1. The summed E-state index contributed by atoms with van der Waals surface area (Å²) in [7, 11) is 0. The molecule has 1 aliphatic carbocycles. The number of benzene rings is 1. The van der Waals surface area contributed by atoms with Crippen LogP contribution >= 0.6 is 0 Å². The fourth-order valence-electron chi connectivity index (χ4n) is 3.48. The molecule has 1 heterocycles. The molecule has 0 aromatic heterocycles. The second-order valence-corrected chi connectivity index (χ2v) is 5.83. The smallest absolute Gasteiger partial charge is 0.306 e. The van der Waals surface area contributed by atoms with Crippen molar-refractivity contribution in [1.29, 1.82) is 0 Å². The predicted octanol–water partition coefficient (Wildman–Crippen LogP) is 2.57. The van der Waals surface area contributed by atoms with Gasteiger partial charge >= 0.3 is 5.97 Å². The van der Waals surface area contributed by atoms with Gasteiger partial charge in [0.15, 0.2) is 0 Å². The van der Waals surface area contributed by atoms with E-state index in [-0.39, 0.29) is 18.2 Å². The van der Waals surface area contributed by atoms with Crippen LogP contribution in [-0.2, 0) is 16.0 Å². The Bertz CT molecular complexity index is 526. The average Bonchev–Trinajstić information content (AvgIpc) is 2.86. The summed E-state index contributed by atoms with van der Waals surface area (Å²) in [5, 5.41) is 10.1. The molecule has 114 valence electrons. The van der Waals surface area contributed by atoms with E-state index in [4.69, 9.17) is 9.47 Å². The first-order valence-electron chi connectivity index (χ1n) is 7.83. The number of aryl methyl sites for hydroxylation is 1. The minimum absolute atomic E-state index is 0.113. The first kappa shape index (κ1) is 14.4. The summed E-state index contributed by atoms with van der Waals surface area (Å²) in [6.45, 7) is 2.23. The summed E-state index contributed by atoms with van der Waals surface area (Å²) >= 11 is 0. The highest BCUT2D eigenvalue weighted by Crippen LogP contribution is 2.47. The summed E-state index contributed by atoms with van der Waals surface area (Å²) in [5.74, 6) is 1.01. The van der Waals surface area contributed by atoms with Crippen molar-refractivity contribution in [3.05, 3.63) is 29.3 Å². The quantitative estimate of drug-likeness (QED) is 0.866. The van der Waals surface area contributed by atoms with Gasteiger partial charge < -0.3 is 14.6 Å². The van der Waals surface area contributed by atoms with Gasteiger partial charge in [-0.05, 0) is 38.2 Å². The third-order valence-electron chi connectivity index (χ3n) is 4.48. The predicted molar refractivity (Wildman–Crippen MR) is 78.4 cm³/mol. The molecule has 2 aliphatic rings. The molecule has 0 amide bonds. The molecular formula is C17H22O4. The van der Waals surface area contributed by atoms with Gasteiger partial charge in [-0.1, -0.05) is 18.2 Å². The summed E-state index contributed by atoms with van der Waals surface area (Å²) in [6.07, 6.45) is 3.41.